The number of rotatable bonds is 4. The van der Waals surface area contributed by atoms with Crippen molar-refractivity contribution in [1.82, 2.24) is 0 Å². The molecule has 0 aliphatic heterocycles. The van der Waals surface area contributed by atoms with Gasteiger partial charge in [-0.2, -0.15) is 5.10 Å². The summed E-state index contributed by atoms with van der Waals surface area (Å²) >= 11 is 11.7. The fourth-order valence-electron chi connectivity index (χ4n) is 1.53. The molecule has 2 rings (SSSR count). The Kier molecular flexibility index (Phi) is 4.71. The van der Waals surface area contributed by atoms with Crippen LogP contribution in [0.4, 0.5) is 5.69 Å². The Labute approximate surface area is 126 Å². The molecule has 0 aliphatic rings. The molecule has 0 heterocycles. The first-order valence-corrected chi connectivity index (χ1v) is 6.47. The molecule has 4 nitrogen and oxygen atoms in total. The first-order valence-electron chi connectivity index (χ1n) is 5.71. The smallest absolute Gasteiger partial charge is 0.143 e. The average molecular weight is 311 g/mol. The average Bonchev–Trinajstić information content (AvgIpc) is 2.44. The number of nitrogens with zero attached hydrogens (tertiary/aromatic N) is 1. The van der Waals surface area contributed by atoms with Gasteiger partial charge < -0.3 is 9.84 Å². The number of phenols is 1. The number of anilines is 1. The van der Waals surface area contributed by atoms with Crippen molar-refractivity contribution >= 4 is 35.1 Å². The number of benzene rings is 2. The Hall–Kier alpha value is -1.91. The summed E-state index contributed by atoms with van der Waals surface area (Å²) in [5.41, 5.74) is 4.05. The van der Waals surface area contributed by atoms with E-state index in [-0.39, 0.29) is 10.8 Å². The molecule has 0 aromatic heterocycles. The standard InChI is InChI=1S/C14H12Cl2N2O2/c1-20-12-4-2-11(3-5-12)18-17-8-9-6-10(15)7-13(16)14(9)19/h2-8,18-19H,1H3/b17-8-. The van der Waals surface area contributed by atoms with Crippen LogP contribution in [0.3, 0.4) is 0 Å². The third-order valence-corrected chi connectivity index (χ3v) is 3.05. The summed E-state index contributed by atoms with van der Waals surface area (Å²) in [5.74, 6) is 0.704. The molecule has 0 atom stereocenters. The summed E-state index contributed by atoms with van der Waals surface area (Å²) in [6, 6.07) is 10.3. The van der Waals surface area contributed by atoms with Crippen LogP contribution >= 0.6 is 23.2 Å². The molecule has 2 aromatic rings. The van der Waals surface area contributed by atoms with Gasteiger partial charge in [-0.3, -0.25) is 5.43 Å². The minimum absolute atomic E-state index is 0.0589. The quantitative estimate of drug-likeness (QED) is 0.658. The second-order valence-electron chi connectivity index (χ2n) is 3.92. The lowest BCUT2D eigenvalue weighted by Gasteiger charge is -2.04. The highest BCUT2D eigenvalue weighted by Crippen LogP contribution is 2.30. The summed E-state index contributed by atoms with van der Waals surface area (Å²) in [4.78, 5) is 0. The predicted molar refractivity (Wildman–Crippen MR) is 82.3 cm³/mol. The van der Waals surface area contributed by atoms with Crippen molar-refractivity contribution in [3.63, 3.8) is 0 Å². The van der Waals surface area contributed by atoms with Crippen molar-refractivity contribution in [2.75, 3.05) is 12.5 Å². The first-order chi connectivity index (χ1) is 9.60. The molecule has 0 unspecified atom stereocenters. The molecule has 0 bridgehead atoms. The molecule has 0 aliphatic carbocycles. The summed E-state index contributed by atoms with van der Waals surface area (Å²) in [7, 11) is 1.60. The molecule has 0 spiro atoms. The largest absolute Gasteiger partial charge is 0.506 e. The van der Waals surface area contributed by atoms with Crippen LogP contribution in [0, 0.1) is 0 Å². The van der Waals surface area contributed by atoms with Crippen LogP contribution in [0.2, 0.25) is 10.0 Å². The highest BCUT2D eigenvalue weighted by atomic mass is 35.5. The van der Waals surface area contributed by atoms with Gasteiger partial charge in [-0.05, 0) is 36.4 Å². The van der Waals surface area contributed by atoms with E-state index in [1.165, 1.54) is 12.3 Å². The minimum atomic E-state index is -0.0589. The second kappa shape index (κ2) is 6.50. The molecule has 2 N–H and O–H groups in total. The number of hydrogen-bond acceptors (Lipinski definition) is 4. The molecular weight excluding hydrogens is 299 g/mol. The SMILES string of the molecule is COc1ccc(N/N=C\c2cc(Cl)cc(Cl)c2O)cc1. The van der Waals surface area contributed by atoms with Gasteiger partial charge in [0, 0.05) is 10.6 Å². The number of halogens is 2. The van der Waals surface area contributed by atoms with Crippen molar-refractivity contribution in [3.05, 3.63) is 52.0 Å². The lowest BCUT2D eigenvalue weighted by molar-refractivity contribution is 0.415. The summed E-state index contributed by atoms with van der Waals surface area (Å²) in [5, 5.41) is 14.4. The molecule has 0 amide bonds. The number of aromatic hydroxyl groups is 1. The Morgan fingerprint density at radius 2 is 1.90 bits per heavy atom. The predicted octanol–water partition coefficient (Wildman–Crippen LogP) is 4.15. The highest BCUT2D eigenvalue weighted by molar-refractivity contribution is 6.36. The zero-order valence-electron chi connectivity index (χ0n) is 10.6. The lowest BCUT2D eigenvalue weighted by atomic mass is 10.2. The van der Waals surface area contributed by atoms with Crippen molar-refractivity contribution in [1.29, 1.82) is 0 Å². The Morgan fingerprint density at radius 3 is 2.55 bits per heavy atom. The van der Waals surface area contributed by atoms with Gasteiger partial charge in [-0.15, -0.1) is 0 Å². The van der Waals surface area contributed by atoms with Crippen LogP contribution in [0.25, 0.3) is 0 Å². The number of methoxy groups -OCH3 is 1. The molecule has 2 aromatic carbocycles. The molecular formula is C14H12Cl2N2O2. The Morgan fingerprint density at radius 1 is 1.20 bits per heavy atom. The number of phenolic OH excluding ortho intramolecular Hbond substituents is 1. The van der Waals surface area contributed by atoms with Crippen LogP contribution in [0.15, 0.2) is 41.5 Å². The van der Waals surface area contributed by atoms with Crippen LogP contribution in [0.1, 0.15) is 5.56 Å². The van der Waals surface area contributed by atoms with Gasteiger partial charge in [0.1, 0.15) is 11.5 Å². The number of hydrogen-bond donors (Lipinski definition) is 2. The van der Waals surface area contributed by atoms with Gasteiger partial charge in [0.2, 0.25) is 0 Å². The fourth-order valence-corrected chi connectivity index (χ4v) is 2.04. The summed E-state index contributed by atoms with van der Waals surface area (Å²) < 4.78 is 5.06. The Bertz CT molecular complexity index is 628. The number of nitrogens with one attached hydrogen (secondary N) is 1. The van der Waals surface area contributed by atoms with Crippen LogP contribution < -0.4 is 10.2 Å². The zero-order valence-corrected chi connectivity index (χ0v) is 12.1. The van der Waals surface area contributed by atoms with Crippen molar-refractivity contribution in [3.8, 4) is 11.5 Å². The van der Waals surface area contributed by atoms with E-state index < -0.39 is 0 Å². The van der Waals surface area contributed by atoms with Gasteiger partial charge in [-0.25, -0.2) is 0 Å². The van der Waals surface area contributed by atoms with E-state index in [0.717, 1.165) is 11.4 Å². The van der Waals surface area contributed by atoms with Crippen molar-refractivity contribution < 1.29 is 9.84 Å². The van der Waals surface area contributed by atoms with E-state index in [2.05, 4.69) is 10.5 Å². The monoisotopic (exact) mass is 310 g/mol. The molecule has 0 saturated heterocycles. The molecule has 6 heteroatoms. The second-order valence-corrected chi connectivity index (χ2v) is 4.77. The zero-order chi connectivity index (χ0) is 14.5. The number of ether oxygens (including phenoxy) is 1. The molecule has 20 heavy (non-hydrogen) atoms. The maximum Gasteiger partial charge on any atom is 0.143 e. The molecule has 0 saturated carbocycles. The maximum atomic E-state index is 9.76. The van der Waals surface area contributed by atoms with E-state index in [0.29, 0.717) is 10.6 Å². The van der Waals surface area contributed by atoms with E-state index in [1.807, 2.05) is 24.3 Å². The first kappa shape index (κ1) is 14.5. The van der Waals surface area contributed by atoms with Crippen molar-refractivity contribution in [2.45, 2.75) is 0 Å². The van der Waals surface area contributed by atoms with Gasteiger partial charge in [0.05, 0.1) is 24.0 Å². The van der Waals surface area contributed by atoms with Crippen LogP contribution in [-0.4, -0.2) is 18.4 Å². The van der Waals surface area contributed by atoms with E-state index >= 15 is 0 Å². The normalized spacial score (nSPS) is 10.8. The number of hydrazone groups is 1. The van der Waals surface area contributed by atoms with Crippen LogP contribution in [-0.2, 0) is 0 Å². The van der Waals surface area contributed by atoms with Crippen LogP contribution in [0.5, 0.6) is 11.5 Å². The molecule has 0 radical (unpaired) electrons. The van der Waals surface area contributed by atoms with Gasteiger partial charge in [-0.1, -0.05) is 23.2 Å². The van der Waals surface area contributed by atoms with E-state index in [1.54, 1.807) is 13.2 Å². The third kappa shape index (κ3) is 3.56. The third-order valence-electron chi connectivity index (χ3n) is 2.54. The van der Waals surface area contributed by atoms with Crippen molar-refractivity contribution in [2.24, 2.45) is 5.10 Å². The van der Waals surface area contributed by atoms with E-state index in [9.17, 15) is 5.11 Å². The van der Waals surface area contributed by atoms with E-state index in [4.69, 9.17) is 27.9 Å². The fraction of sp³-hybridized carbons (Fsp3) is 0.0714. The van der Waals surface area contributed by atoms with Gasteiger partial charge in [0.25, 0.3) is 0 Å². The summed E-state index contributed by atoms with van der Waals surface area (Å²) in [6.07, 6.45) is 1.44. The molecule has 0 fully saturated rings. The minimum Gasteiger partial charge on any atom is -0.506 e. The molecule has 104 valence electrons. The van der Waals surface area contributed by atoms with Gasteiger partial charge >= 0.3 is 0 Å². The lowest BCUT2D eigenvalue weighted by Crippen LogP contribution is -1.92. The van der Waals surface area contributed by atoms with Gasteiger partial charge in [0.15, 0.2) is 0 Å². The highest BCUT2D eigenvalue weighted by Gasteiger charge is 2.05. The topological polar surface area (TPSA) is 53.8 Å². The Balaban J connectivity index is 2.09. The summed E-state index contributed by atoms with van der Waals surface area (Å²) in [6.45, 7) is 0. The maximum absolute atomic E-state index is 9.76.